The molecule has 0 radical (unpaired) electrons. The molecule has 0 aliphatic carbocycles. The minimum absolute atomic E-state index is 0.641. The first-order valence-electron chi connectivity index (χ1n) is 6.67. The lowest BCUT2D eigenvalue weighted by Gasteiger charge is -2.33. The number of nitrogens with one attached hydrogen (secondary N) is 1. The van der Waals surface area contributed by atoms with E-state index in [1.165, 1.54) is 18.4 Å². The second kappa shape index (κ2) is 6.71. The van der Waals surface area contributed by atoms with E-state index in [-0.39, 0.29) is 0 Å². The third kappa shape index (κ3) is 3.43. The van der Waals surface area contributed by atoms with Crippen LogP contribution in [0.1, 0.15) is 18.4 Å². The average molecular weight is 249 g/mol. The van der Waals surface area contributed by atoms with Gasteiger partial charge < -0.3 is 15.0 Å². The molecule has 18 heavy (non-hydrogen) atoms. The van der Waals surface area contributed by atoms with Crippen LogP contribution in [0.4, 0.5) is 5.82 Å². The minimum Gasteiger partial charge on any atom is -0.384 e. The van der Waals surface area contributed by atoms with E-state index in [2.05, 4.69) is 27.3 Å². The fourth-order valence-corrected chi connectivity index (χ4v) is 2.56. The van der Waals surface area contributed by atoms with E-state index in [1.807, 2.05) is 13.2 Å². The molecule has 1 aromatic rings. The summed E-state index contributed by atoms with van der Waals surface area (Å²) in [7, 11) is 3.73. The smallest absolute Gasteiger partial charge is 0.128 e. The quantitative estimate of drug-likeness (QED) is 0.861. The lowest BCUT2D eigenvalue weighted by Crippen LogP contribution is -2.37. The molecule has 1 saturated heterocycles. The van der Waals surface area contributed by atoms with Gasteiger partial charge in [0.05, 0.1) is 6.61 Å². The van der Waals surface area contributed by atoms with Gasteiger partial charge in [-0.15, -0.1) is 0 Å². The molecular weight excluding hydrogens is 226 g/mol. The first-order chi connectivity index (χ1) is 8.83. The topological polar surface area (TPSA) is 37.4 Å². The Morgan fingerprint density at radius 2 is 2.39 bits per heavy atom. The zero-order chi connectivity index (χ0) is 12.8. The van der Waals surface area contributed by atoms with Crippen LogP contribution >= 0.6 is 0 Å². The molecule has 1 aliphatic rings. The van der Waals surface area contributed by atoms with E-state index in [0.29, 0.717) is 5.92 Å². The highest BCUT2D eigenvalue weighted by Gasteiger charge is 2.20. The molecule has 2 rings (SSSR count). The van der Waals surface area contributed by atoms with Gasteiger partial charge in [0.15, 0.2) is 0 Å². The normalized spacial score (nSPS) is 20.1. The fraction of sp³-hybridized carbons (Fsp3) is 0.643. The molecule has 1 unspecified atom stereocenters. The molecule has 2 heterocycles. The molecule has 1 aliphatic heterocycles. The summed E-state index contributed by atoms with van der Waals surface area (Å²) in [6, 6.07) is 4.28. The van der Waals surface area contributed by atoms with Crippen LogP contribution in [0, 0.1) is 5.92 Å². The minimum atomic E-state index is 0.641. The number of rotatable bonds is 5. The third-order valence-corrected chi connectivity index (χ3v) is 3.44. The average Bonchev–Trinajstić information content (AvgIpc) is 2.41. The molecule has 0 bridgehead atoms. The summed E-state index contributed by atoms with van der Waals surface area (Å²) >= 11 is 0. The van der Waals surface area contributed by atoms with Crippen LogP contribution in [0.5, 0.6) is 0 Å². The van der Waals surface area contributed by atoms with Crippen molar-refractivity contribution < 1.29 is 4.74 Å². The number of ether oxygens (including phenoxy) is 1. The molecule has 4 heteroatoms. The molecule has 0 aromatic carbocycles. The zero-order valence-corrected chi connectivity index (χ0v) is 11.4. The molecule has 4 nitrogen and oxygen atoms in total. The highest BCUT2D eigenvalue weighted by Crippen LogP contribution is 2.21. The summed E-state index contributed by atoms with van der Waals surface area (Å²) < 4.78 is 5.26. The maximum atomic E-state index is 5.26. The summed E-state index contributed by atoms with van der Waals surface area (Å²) in [6.45, 7) is 3.90. The maximum Gasteiger partial charge on any atom is 0.128 e. The van der Waals surface area contributed by atoms with Crippen molar-refractivity contribution in [1.82, 2.24) is 10.3 Å². The van der Waals surface area contributed by atoms with Crippen LogP contribution in [0.25, 0.3) is 0 Å². The fourth-order valence-electron chi connectivity index (χ4n) is 2.56. The number of methoxy groups -OCH3 is 1. The number of aromatic nitrogens is 1. The second-order valence-corrected chi connectivity index (χ2v) is 4.96. The summed E-state index contributed by atoms with van der Waals surface area (Å²) in [6.07, 6.45) is 4.46. The third-order valence-electron chi connectivity index (χ3n) is 3.44. The van der Waals surface area contributed by atoms with Crippen molar-refractivity contribution in [3.05, 3.63) is 23.9 Å². The Morgan fingerprint density at radius 1 is 1.50 bits per heavy atom. The highest BCUT2D eigenvalue weighted by atomic mass is 16.5. The van der Waals surface area contributed by atoms with Crippen molar-refractivity contribution in [3.8, 4) is 0 Å². The van der Waals surface area contributed by atoms with Crippen molar-refractivity contribution in [1.29, 1.82) is 0 Å². The van der Waals surface area contributed by atoms with Gasteiger partial charge in [0.25, 0.3) is 0 Å². The van der Waals surface area contributed by atoms with E-state index in [0.717, 1.165) is 32.1 Å². The summed E-state index contributed by atoms with van der Waals surface area (Å²) in [5, 5.41) is 3.14. The van der Waals surface area contributed by atoms with Crippen LogP contribution in [0.3, 0.4) is 0 Å². The van der Waals surface area contributed by atoms with Crippen LogP contribution in [0.2, 0.25) is 0 Å². The number of nitrogens with zero attached hydrogens (tertiary/aromatic N) is 2. The predicted molar refractivity (Wildman–Crippen MR) is 73.8 cm³/mol. The lowest BCUT2D eigenvalue weighted by molar-refractivity contribution is 0.143. The molecule has 1 atom stereocenters. The lowest BCUT2D eigenvalue weighted by atomic mass is 9.99. The van der Waals surface area contributed by atoms with Crippen molar-refractivity contribution in [2.24, 2.45) is 5.92 Å². The molecule has 1 aromatic heterocycles. The largest absolute Gasteiger partial charge is 0.384 e. The Kier molecular flexibility index (Phi) is 4.96. The standard InChI is InChI=1S/C14H23N3O/c1-15-8-12-5-6-14(16-9-12)17-7-3-4-13(10-17)11-18-2/h5-6,9,13,15H,3-4,7-8,10-11H2,1-2H3. The van der Waals surface area contributed by atoms with E-state index < -0.39 is 0 Å². The number of hydrogen-bond donors (Lipinski definition) is 1. The van der Waals surface area contributed by atoms with Gasteiger partial charge in [-0.05, 0) is 37.4 Å². The van der Waals surface area contributed by atoms with Gasteiger partial charge in [0.2, 0.25) is 0 Å². The summed E-state index contributed by atoms with van der Waals surface area (Å²) in [4.78, 5) is 6.93. The Morgan fingerprint density at radius 3 is 3.06 bits per heavy atom. The van der Waals surface area contributed by atoms with Gasteiger partial charge in [0, 0.05) is 32.9 Å². The summed E-state index contributed by atoms with van der Waals surface area (Å²) in [5.41, 5.74) is 1.23. The number of piperidine rings is 1. The molecule has 0 amide bonds. The number of hydrogen-bond acceptors (Lipinski definition) is 4. The summed E-state index contributed by atoms with van der Waals surface area (Å²) in [5.74, 6) is 1.73. The van der Waals surface area contributed by atoms with Gasteiger partial charge >= 0.3 is 0 Å². The highest BCUT2D eigenvalue weighted by molar-refractivity contribution is 5.39. The Bertz CT molecular complexity index is 351. The van der Waals surface area contributed by atoms with Gasteiger partial charge in [0.1, 0.15) is 5.82 Å². The molecule has 0 spiro atoms. The van der Waals surface area contributed by atoms with Crippen LogP contribution in [0.15, 0.2) is 18.3 Å². The molecular formula is C14H23N3O. The Hall–Kier alpha value is -1.13. The van der Waals surface area contributed by atoms with Crippen LogP contribution in [-0.4, -0.2) is 38.8 Å². The van der Waals surface area contributed by atoms with E-state index >= 15 is 0 Å². The van der Waals surface area contributed by atoms with Crippen molar-refractivity contribution in [2.45, 2.75) is 19.4 Å². The Balaban J connectivity index is 1.97. The Labute approximate surface area is 109 Å². The van der Waals surface area contributed by atoms with Gasteiger partial charge in [-0.25, -0.2) is 4.98 Å². The molecule has 100 valence electrons. The SMILES string of the molecule is CNCc1ccc(N2CCCC(COC)C2)nc1. The number of anilines is 1. The van der Waals surface area contributed by atoms with Crippen molar-refractivity contribution in [2.75, 3.05) is 38.8 Å². The van der Waals surface area contributed by atoms with Crippen molar-refractivity contribution >= 4 is 5.82 Å². The number of pyridine rings is 1. The second-order valence-electron chi connectivity index (χ2n) is 4.96. The van der Waals surface area contributed by atoms with Crippen LogP contribution < -0.4 is 10.2 Å². The predicted octanol–water partition coefficient (Wildman–Crippen LogP) is 1.66. The van der Waals surface area contributed by atoms with E-state index in [1.54, 1.807) is 7.11 Å². The van der Waals surface area contributed by atoms with Crippen LogP contribution in [-0.2, 0) is 11.3 Å². The maximum absolute atomic E-state index is 5.26. The first-order valence-corrected chi connectivity index (χ1v) is 6.67. The monoisotopic (exact) mass is 249 g/mol. The van der Waals surface area contributed by atoms with Crippen molar-refractivity contribution in [3.63, 3.8) is 0 Å². The van der Waals surface area contributed by atoms with E-state index in [4.69, 9.17) is 4.74 Å². The zero-order valence-electron chi connectivity index (χ0n) is 11.4. The van der Waals surface area contributed by atoms with E-state index in [9.17, 15) is 0 Å². The van der Waals surface area contributed by atoms with Gasteiger partial charge in [-0.3, -0.25) is 0 Å². The first kappa shape index (κ1) is 13.3. The van der Waals surface area contributed by atoms with Gasteiger partial charge in [-0.2, -0.15) is 0 Å². The molecule has 0 saturated carbocycles. The van der Waals surface area contributed by atoms with Gasteiger partial charge in [-0.1, -0.05) is 6.07 Å². The molecule has 1 fully saturated rings. The molecule has 1 N–H and O–H groups in total.